The summed E-state index contributed by atoms with van der Waals surface area (Å²) >= 11 is 0. The molecule has 1 amide bonds. The van der Waals surface area contributed by atoms with Gasteiger partial charge >= 0.3 is 0 Å². The summed E-state index contributed by atoms with van der Waals surface area (Å²) in [5, 5.41) is 16.1. The Labute approximate surface area is 119 Å². The van der Waals surface area contributed by atoms with Crippen molar-refractivity contribution in [1.29, 1.82) is 0 Å². The summed E-state index contributed by atoms with van der Waals surface area (Å²) in [5.74, 6) is 0.668. The predicted molar refractivity (Wildman–Crippen MR) is 75.6 cm³/mol. The van der Waals surface area contributed by atoms with Crippen molar-refractivity contribution in [3.8, 4) is 0 Å². The van der Waals surface area contributed by atoms with Crippen LogP contribution >= 0.6 is 0 Å². The normalized spacial score (nSPS) is 16.6. The number of aliphatic hydroxyl groups excluding tert-OH is 1. The molecular formula is C15H24N2O3. The standard InChI is InChI=1S/C15H24N2O3/c1-15(2,3)12(8-9-18)16-14(19)13-10-6-4-5-7-11(10)20-17-13/h12,18H,4-9H2,1-3H3,(H,16,19). The summed E-state index contributed by atoms with van der Waals surface area (Å²) in [4.78, 5) is 12.4. The van der Waals surface area contributed by atoms with E-state index < -0.39 is 0 Å². The molecule has 0 bridgehead atoms. The van der Waals surface area contributed by atoms with E-state index in [4.69, 9.17) is 9.63 Å². The number of fused-ring (bicyclic) bond motifs is 1. The van der Waals surface area contributed by atoms with Crippen molar-refractivity contribution in [2.75, 3.05) is 6.61 Å². The van der Waals surface area contributed by atoms with Gasteiger partial charge in [0.15, 0.2) is 5.69 Å². The number of aliphatic hydroxyl groups is 1. The molecule has 0 aliphatic heterocycles. The Hall–Kier alpha value is -1.36. The van der Waals surface area contributed by atoms with Crippen molar-refractivity contribution in [3.63, 3.8) is 0 Å². The van der Waals surface area contributed by atoms with Crippen molar-refractivity contribution in [1.82, 2.24) is 10.5 Å². The van der Waals surface area contributed by atoms with Crippen LogP contribution in [-0.4, -0.2) is 28.8 Å². The Morgan fingerprint density at radius 2 is 2.10 bits per heavy atom. The van der Waals surface area contributed by atoms with Crippen LogP contribution in [0.15, 0.2) is 4.52 Å². The predicted octanol–water partition coefficient (Wildman–Crippen LogP) is 2.08. The van der Waals surface area contributed by atoms with Crippen LogP contribution < -0.4 is 5.32 Å². The molecule has 1 aliphatic rings. The lowest BCUT2D eigenvalue weighted by Crippen LogP contribution is -2.44. The Balaban J connectivity index is 2.13. The highest BCUT2D eigenvalue weighted by atomic mass is 16.5. The van der Waals surface area contributed by atoms with Crippen LogP contribution in [0.5, 0.6) is 0 Å². The fraction of sp³-hybridized carbons (Fsp3) is 0.733. The van der Waals surface area contributed by atoms with Crippen LogP contribution in [0.25, 0.3) is 0 Å². The van der Waals surface area contributed by atoms with Gasteiger partial charge in [-0.25, -0.2) is 0 Å². The van der Waals surface area contributed by atoms with Gasteiger partial charge in [-0.15, -0.1) is 0 Å². The summed E-state index contributed by atoms with van der Waals surface area (Å²) in [7, 11) is 0. The van der Waals surface area contributed by atoms with E-state index in [1.807, 2.05) is 20.8 Å². The van der Waals surface area contributed by atoms with E-state index in [1.54, 1.807) is 0 Å². The molecule has 0 aromatic carbocycles. The Bertz CT molecular complexity index is 474. The summed E-state index contributed by atoms with van der Waals surface area (Å²) in [6, 6.07) is -0.0871. The first-order valence-corrected chi connectivity index (χ1v) is 7.32. The maximum Gasteiger partial charge on any atom is 0.274 e. The Morgan fingerprint density at radius 3 is 2.75 bits per heavy atom. The van der Waals surface area contributed by atoms with Gasteiger partial charge in [0.05, 0.1) is 0 Å². The number of aromatic nitrogens is 1. The van der Waals surface area contributed by atoms with E-state index in [0.29, 0.717) is 12.1 Å². The number of aryl methyl sites for hydroxylation is 1. The molecule has 5 nitrogen and oxygen atoms in total. The minimum atomic E-state index is -0.190. The number of rotatable bonds is 4. The number of carbonyl (C=O) groups excluding carboxylic acids is 1. The largest absolute Gasteiger partial charge is 0.396 e. The highest BCUT2D eigenvalue weighted by molar-refractivity contribution is 5.94. The van der Waals surface area contributed by atoms with Gasteiger partial charge in [-0.05, 0) is 31.1 Å². The molecule has 0 radical (unpaired) electrons. The van der Waals surface area contributed by atoms with Crippen molar-refractivity contribution in [2.45, 2.75) is 58.9 Å². The van der Waals surface area contributed by atoms with Gasteiger partial charge < -0.3 is 14.9 Å². The monoisotopic (exact) mass is 280 g/mol. The fourth-order valence-corrected chi connectivity index (χ4v) is 2.64. The molecule has 0 fully saturated rings. The second-order valence-corrected chi connectivity index (χ2v) is 6.54. The molecule has 1 aromatic rings. The van der Waals surface area contributed by atoms with E-state index in [-0.39, 0.29) is 24.0 Å². The zero-order valence-corrected chi connectivity index (χ0v) is 12.5. The maximum absolute atomic E-state index is 12.4. The summed E-state index contributed by atoms with van der Waals surface area (Å²) < 4.78 is 5.28. The summed E-state index contributed by atoms with van der Waals surface area (Å²) in [5.41, 5.74) is 1.28. The molecule has 1 atom stereocenters. The second kappa shape index (κ2) is 5.95. The van der Waals surface area contributed by atoms with Crippen LogP contribution in [0.4, 0.5) is 0 Å². The first kappa shape index (κ1) is 15.0. The molecular weight excluding hydrogens is 256 g/mol. The highest BCUT2D eigenvalue weighted by Crippen LogP contribution is 2.26. The molecule has 2 N–H and O–H groups in total. The lowest BCUT2D eigenvalue weighted by atomic mass is 9.84. The Morgan fingerprint density at radius 1 is 1.40 bits per heavy atom. The van der Waals surface area contributed by atoms with E-state index >= 15 is 0 Å². The van der Waals surface area contributed by atoms with Gasteiger partial charge in [0, 0.05) is 24.6 Å². The Kier molecular flexibility index (Phi) is 4.48. The van der Waals surface area contributed by atoms with E-state index in [0.717, 1.165) is 37.0 Å². The molecule has 20 heavy (non-hydrogen) atoms. The number of nitrogens with one attached hydrogen (secondary N) is 1. The van der Waals surface area contributed by atoms with Crippen molar-refractivity contribution in [2.24, 2.45) is 5.41 Å². The van der Waals surface area contributed by atoms with Crippen molar-refractivity contribution >= 4 is 5.91 Å². The molecule has 0 spiro atoms. The smallest absolute Gasteiger partial charge is 0.274 e. The third-order valence-electron chi connectivity index (χ3n) is 3.93. The topological polar surface area (TPSA) is 75.4 Å². The van der Waals surface area contributed by atoms with Gasteiger partial charge in [0.2, 0.25) is 0 Å². The number of hydrogen-bond acceptors (Lipinski definition) is 4. The van der Waals surface area contributed by atoms with Gasteiger partial charge in [0.1, 0.15) is 5.76 Å². The SMILES string of the molecule is CC(C)(C)C(CCO)NC(=O)c1noc2c1CCCC2. The minimum Gasteiger partial charge on any atom is -0.396 e. The third kappa shape index (κ3) is 3.20. The van der Waals surface area contributed by atoms with Crippen LogP contribution in [-0.2, 0) is 12.8 Å². The van der Waals surface area contributed by atoms with Gasteiger partial charge in [-0.1, -0.05) is 25.9 Å². The molecule has 1 aromatic heterocycles. The molecule has 0 saturated heterocycles. The summed E-state index contributed by atoms with van der Waals surface area (Å²) in [6.45, 7) is 6.20. The molecule has 5 heteroatoms. The number of hydrogen-bond donors (Lipinski definition) is 2. The number of amides is 1. The lowest BCUT2D eigenvalue weighted by Gasteiger charge is -2.30. The lowest BCUT2D eigenvalue weighted by molar-refractivity contribution is 0.0875. The van der Waals surface area contributed by atoms with Gasteiger partial charge in [0.25, 0.3) is 5.91 Å². The zero-order chi connectivity index (χ0) is 14.8. The first-order chi connectivity index (χ1) is 9.43. The van der Waals surface area contributed by atoms with Crippen LogP contribution in [0.2, 0.25) is 0 Å². The van der Waals surface area contributed by atoms with E-state index in [1.165, 1.54) is 0 Å². The fourth-order valence-electron chi connectivity index (χ4n) is 2.64. The van der Waals surface area contributed by atoms with E-state index in [2.05, 4.69) is 10.5 Å². The molecule has 0 saturated carbocycles. The van der Waals surface area contributed by atoms with Gasteiger partial charge in [-0.2, -0.15) is 0 Å². The zero-order valence-electron chi connectivity index (χ0n) is 12.5. The maximum atomic E-state index is 12.4. The van der Waals surface area contributed by atoms with Crippen LogP contribution in [0, 0.1) is 5.41 Å². The number of carbonyl (C=O) groups is 1. The molecule has 112 valence electrons. The number of nitrogens with zero attached hydrogens (tertiary/aromatic N) is 1. The highest BCUT2D eigenvalue weighted by Gasteiger charge is 2.29. The second-order valence-electron chi connectivity index (χ2n) is 6.54. The van der Waals surface area contributed by atoms with Gasteiger partial charge in [-0.3, -0.25) is 4.79 Å². The average molecular weight is 280 g/mol. The molecule has 2 rings (SSSR count). The summed E-state index contributed by atoms with van der Waals surface area (Å²) in [6.07, 6.45) is 4.44. The quantitative estimate of drug-likeness (QED) is 0.885. The van der Waals surface area contributed by atoms with Crippen molar-refractivity contribution in [3.05, 3.63) is 17.0 Å². The minimum absolute atomic E-state index is 0.0547. The first-order valence-electron chi connectivity index (χ1n) is 7.32. The molecule has 1 aliphatic carbocycles. The third-order valence-corrected chi connectivity index (χ3v) is 3.93. The van der Waals surface area contributed by atoms with Crippen LogP contribution in [0.3, 0.4) is 0 Å². The molecule has 1 heterocycles. The molecule has 1 unspecified atom stereocenters. The average Bonchev–Trinajstić information content (AvgIpc) is 2.81. The van der Waals surface area contributed by atoms with E-state index in [9.17, 15) is 4.79 Å². The van der Waals surface area contributed by atoms with Crippen LogP contribution in [0.1, 0.15) is 61.8 Å². The van der Waals surface area contributed by atoms with Crippen molar-refractivity contribution < 1.29 is 14.4 Å².